The number of nitrogens with zero attached hydrogens (tertiary/aromatic N) is 1. The Bertz CT molecular complexity index is 961. The van der Waals surface area contributed by atoms with Crippen molar-refractivity contribution in [2.24, 2.45) is 0 Å². The number of nitrogens with two attached hydrogens (primary N) is 1. The minimum absolute atomic E-state index is 0.00700. The number of nitrogen functional groups attached to an aromatic ring is 1. The molecule has 1 aliphatic heterocycles. The van der Waals surface area contributed by atoms with Crippen LogP contribution in [0.15, 0.2) is 12.1 Å². The second-order valence-electron chi connectivity index (χ2n) is 12.0. The third-order valence-electron chi connectivity index (χ3n) is 7.23. The smallest absolute Gasteiger partial charge is 0.161 e. The first kappa shape index (κ1) is 36.7. The third kappa shape index (κ3) is 10.6. The molecule has 0 aromatic heterocycles. The molecule has 9 unspecified atom stereocenters. The van der Waals surface area contributed by atoms with Crippen molar-refractivity contribution in [1.82, 2.24) is 0 Å². The molecule has 11 heteroatoms. The second-order valence-corrected chi connectivity index (χ2v) is 12.0. The summed E-state index contributed by atoms with van der Waals surface area (Å²) in [5.41, 5.74) is 10.00. The van der Waals surface area contributed by atoms with E-state index in [1.54, 1.807) is 34.6 Å². The van der Waals surface area contributed by atoms with Crippen molar-refractivity contribution in [1.29, 1.82) is 0 Å². The van der Waals surface area contributed by atoms with Crippen LogP contribution in [0.2, 0.25) is 0 Å². The molecule has 0 saturated heterocycles. The van der Waals surface area contributed by atoms with Crippen LogP contribution in [0.3, 0.4) is 0 Å². The summed E-state index contributed by atoms with van der Waals surface area (Å²) in [5, 5.41) is 19.5. The molecule has 0 spiro atoms. The Hall–Kier alpha value is -1.54. The molecule has 0 saturated carbocycles. The zero-order valence-corrected chi connectivity index (χ0v) is 27.6. The summed E-state index contributed by atoms with van der Waals surface area (Å²) in [5.74, 6) is 0.249. The third-order valence-corrected chi connectivity index (χ3v) is 7.23. The molecule has 244 valence electrons. The first-order chi connectivity index (χ1) is 19.4. The summed E-state index contributed by atoms with van der Waals surface area (Å²) in [6.07, 6.45) is -4.29. The molecule has 0 amide bonds. The van der Waals surface area contributed by atoms with Gasteiger partial charge < -0.3 is 54.0 Å². The monoisotopic (exact) mass is 600 g/mol. The van der Waals surface area contributed by atoms with Gasteiger partial charge in [0.1, 0.15) is 6.23 Å². The average Bonchev–Trinajstić information content (AvgIpc) is 2.81. The minimum atomic E-state index is -0.942. The van der Waals surface area contributed by atoms with Crippen LogP contribution in [0.25, 0.3) is 0 Å². The van der Waals surface area contributed by atoms with Gasteiger partial charge in [0.2, 0.25) is 0 Å². The number of benzene rings is 1. The number of ether oxygens (including phenoxy) is 7. The Kier molecular flexibility index (Phi) is 13.9. The van der Waals surface area contributed by atoms with E-state index in [4.69, 9.17) is 38.9 Å². The van der Waals surface area contributed by atoms with Gasteiger partial charge in [0, 0.05) is 22.8 Å². The highest BCUT2D eigenvalue weighted by molar-refractivity contribution is 5.68. The van der Waals surface area contributed by atoms with Gasteiger partial charge in [-0.15, -0.1) is 0 Å². The van der Waals surface area contributed by atoms with Gasteiger partial charge in [0.25, 0.3) is 0 Å². The molecule has 1 aliphatic rings. The standard InChI is InChI=1S/C31H56N2O9/c1-17(2)27-14-30-28(13-29(27)32)26(16-34)15-31(11,12)33(30)18(3)36-20(5)38-22(7)40-24(9)42-25(10)41-23(8)39-21(6)37-19(4)35/h13-14,17-26,34-35H,15-16,32H2,1-12H3. The van der Waals surface area contributed by atoms with Crippen molar-refractivity contribution >= 4 is 11.4 Å². The Labute approximate surface area is 252 Å². The lowest BCUT2D eigenvalue weighted by Gasteiger charge is -2.51. The number of rotatable bonds is 17. The van der Waals surface area contributed by atoms with E-state index in [1.165, 1.54) is 6.92 Å². The number of fused-ring (bicyclic) bond motifs is 1. The molecule has 42 heavy (non-hydrogen) atoms. The topological polar surface area (TPSA) is 134 Å². The molecular formula is C31H56N2O9. The van der Waals surface area contributed by atoms with Gasteiger partial charge in [0.15, 0.2) is 44.0 Å². The van der Waals surface area contributed by atoms with E-state index >= 15 is 0 Å². The summed E-state index contributed by atoms with van der Waals surface area (Å²) in [4.78, 5) is 2.26. The van der Waals surface area contributed by atoms with Gasteiger partial charge in [-0.3, -0.25) is 0 Å². The molecule has 0 aliphatic carbocycles. The molecule has 1 aromatic carbocycles. The highest BCUT2D eigenvalue weighted by Crippen LogP contribution is 2.47. The first-order valence-corrected chi connectivity index (χ1v) is 15.0. The maximum absolute atomic E-state index is 10.2. The molecule has 2 rings (SSSR count). The average molecular weight is 601 g/mol. The van der Waals surface area contributed by atoms with Crippen LogP contribution in [0.1, 0.15) is 112 Å². The number of hydrogen-bond donors (Lipinski definition) is 3. The summed E-state index contributed by atoms with van der Waals surface area (Å²) in [6, 6.07) is 4.16. The van der Waals surface area contributed by atoms with Crippen molar-refractivity contribution < 1.29 is 43.4 Å². The van der Waals surface area contributed by atoms with Gasteiger partial charge in [-0.05, 0) is 105 Å². The Morgan fingerprint density at radius 3 is 1.60 bits per heavy atom. The summed E-state index contributed by atoms with van der Waals surface area (Å²) >= 11 is 0. The maximum atomic E-state index is 10.2. The highest BCUT2D eigenvalue weighted by atomic mass is 16.8. The number of aliphatic hydroxyl groups is 2. The molecule has 4 N–H and O–H groups in total. The van der Waals surface area contributed by atoms with Crippen molar-refractivity contribution in [2.45, 2.75) is 157 Å². The fourth-order valence-corrected chi connectivity index (χ4v) is 5.82. The van der Waals surface area contributed by atoms with Crippen LogP contribution in [-0.4, -0.2) is 72.6 Å². The zero-order chi connectivity index (χ0) is 31.9. The molecule has 0 fully saturated rings. The predicted octanol–water partition coefficient (Wildman–Crippen LogP) is 5.33. The zero-order valence-electron chi connectivity index (χ0n) is 27.6. The van der Waals surface area contributed by atoms with Crippen LogP contribution >= 0.6 is 0 Å². The van der Waals surface area contributed by atoms with Gasteiger partial charge >= 0.3 is 0 Å². The van der Waals surface area contributed by atoms with Crippen molar-refractivity contribution in [3.63, 3.8) is 0 Å². The van der Waals surface area contributed by atoms with E-state index in [0.717, 1.165) is 28.9 Å². The van der Waals surface area contributed by atoms with Crippen LogP contribution < -0.4 is 10.6 Å². The van der Waals surface area contributed by atoms with Gasteiger partial charge in [-0.25, -0.2) is 0 Å². The molecule has 1 heterocycles. The van der Waals surface area contributed by atoms with Gasteiger partial charge in [-0.2, -0.15) is 0 Å². The highest BCUT2D eigenvalue weighted by Gasteiger charge is 2.41. The first-order valence-electron chi connectivity index (χ1n) is 15.0. The quantitative estimate of drug-likeness (QED) is 0.158. The molecule has 1 aromatic rings. The van der Waals surface area contributed by atoms with Crippen LogP contribution in [0.5, 0.6) is 0 Å². The van der Waals surface area contributed by atoms with E-state index in [2.05, 4.69) is 38.7 Å². The SMILES string of the molecule is CC(O)OC(C)OC(C)OC(C)OC(C)OC(C)OC(C)OC(C)N1c2cc(C(C)C)c(N)cc2C(CO)CC1(C)C. The van der Waals surface area contributed by atoms with Crippen LogP contribution in [0, 0.1) is 0 Å². The molecule has 0 radical (unpaired) electrons. The second kappa shape index (κ2) is 16.0. The normalized spacial score (nSPS) is 22.6. The predicted molar refractivity (Wildman–Crippen MR) is 161 cm³/mol. The lowest BCUT2D eigenvalue weighted by molar-refractivity contribution is -0.339. The maximum Gasteiger partial charge on any atom is 0.161 e. The van der Waals surface area contributed by atoms with Crippen molar-refractivity contribution in [3.05, 3.63) is 23.3 Å². The summed E-state index contributed by atoms with van der Waals surface area (Å²) in [7, 11) is 0. The van der Waals surface area contributed by atoms with E-state index in [-0.39, 0.29) is 30.2 Å². The van der Waals surface area contributed by atoms with Crippen molar-refractivity contribution in [2.75, 3.05) is 17.2 Å². The van der Waals surface area contributed by atoms with Crippen LogP contribution in [0.4, 0.5) is 11.4 Å². The summed E-state index contributed by atoms with van der Waals surface area (Å²) < 4.78 is 40.3. The fourth-order valence-electron chi connectivity index (χ4n) is 5.82. The number of anilines is 2. The molecule has 9 atom stereocenters. The number of aliphatic hydroxyl groups excluding tert-OH is 2. The minimum Gasteiger partial charge on any atom is -0.398 e. The Balaban J connectivity index is 1.98. The fraction of sp³-hybridized carbons (Fsp3) is 0.806. The number of hydrogen-bond acceptors (Lipinski definition) is 11. The lowest BCUT2D eigenvalue weighted by atomic mass is 9.78. The van der Waals surface area contributed by atoms with Crippen molar-refractivity contribution in [3.8, 4) is 0 Å². The van der Waals surface area contributed by atoms with Crippen LogP contribution in [-0.2, 0) is 33.2 Å². The molecular weight excluding hydrogens is 544 g/mol. The van der Waals surface area contributed by atoms with Gasteiger partial charge in [0.05, 0.1) is 6.61 Å². The summed E-state index contributed by atoms with van der Waals surface area (Å²) in [6.45, 7) is 22.6. The Morgan fingerprint density at radius 1 is 0.762 bits per heavy atom. The van der Waals surface area contributed by atoms with E-state index < -0.39 is 44.0 Å². The molecule has 11 nitrogen and oxygen atoms in total. The van der Waals surface area contributed by atoms with E-state index in [1.807, 2.05) is 19.9 Å². The van der Waals surface area contributed by atoms with E-state index in [9.17, 15) is 10.2 Å². The lowest BCUT2D eigenvalue weighted by Crippen LogP contribution is -2.55. The molecule has 0 bridgehead atoms. The largest absolute Gasteiger partial charge is 0.398 e. The van der Waals surface area contributed by atoms with E-state index in [0.29, 0.717) is 0 Å². The Morgan fingerprint density at radius 2 is 1.19 bits per heavy atom. The van der Waals surface area contributed by atoms with Gasteiger partial charge in [-0.1, -0.05) is 13.8 Å².